The second kappa shape index (κ2) is 7.71. The van der Waals surface area contributed by atoms with E-state index in [0.717, 1.165) is 16.8 Å². The molecular formula is C18H22N2O2. The van der Waals surface area contributed by atoms with E-state index in [9.17, 15) is 9.90 Å². The van der Waals surface area contributed by atoms with E-state index in [2.05, 4.69) is 10.3 Å². The molecule has 0 saturated carbocycles. The molecule has 1 aromatic carbocycles. The van der Waals surface area contributed by atoms with Crippen LogP contribution in [0.15, 0.2) is 48.7 Å². The first-order chi connectivity index (χ1) is 10.6. The molecule has 0 saturated heterocycles. The molecule has 0 unspecified atom stereocenters. The smallest absolute Gasteiger partial charge is 0.320 e. The summed E-state index contributed by atoms with van der Waals surface area (Å²) in [6.07, 6.45) is 2.39. The first kappa shape index (κ1) is 16.2. The van der Waals surface area contributed by atoms with E-state index in [1.807, 2.05) is 56.3 Å². The van der Waals surface area contributed by atoms with Crippen molar-refractivity contribution >= 4 is 5.97 Å². The quantitative estimate of drug-likeness (QED) is 0.823. The summed E-state index contributed by atoms with van der Waals surface area (Å²) < 4.78 is 0. The number of carbonyl (C=O) groups is 1. The molecule has 0 aliphatic rings. The molecular weight excluding hydrogens is 276 g/mol. The maximum Gasteiger partial charge on any atom is 0.320 e. The van der Waals surface area contributed by atoms with Crippen molar-refractivity contribution in [3.8, 4) is 11.3 Å². The number of carboxylic acids is 1. The Morgan fingerprint density at radius 1 is 1.23 bits per heavy atom. The minimum atomic E-state index is -0.797. The summed E-state index contributed by atoms with van der Waals surface area (Å²) in [6, 6.07) is 13.3. The highest BCUT2D eigenvalue weighted by Crippen LogP contribution is 2.18. The number of aromatic nitrogens is 1. The number of hydrogen-bond donors (Lipinski definition) is 2. The van der Waals surface area contributed by atoms with Gasteiger partial charge in [0.15, 0.2) is 0 Å². The molecule has 0 aliphatic heterocycles. The molecule has 1 heterocycles. The minimum absolute atomic E-state index is 0.341. The molecule has 22 heavy (non-hydrogen) atoms. The van der Waals surface area contributed by atoms with Gasteiger partial charge in [0, 0.05) is 18.3 Å². The van der Waals surface area contributed by atoms with Gasteiger partial charge in [-0.3, -0.25) is 9.78 Å². The van der Waals surface area contributed by atoms with Gasteiger partial charge in [0.1, 0.15) is 6.04 Å². The van der Waals surface area contributed by atoms with Gasteiger partial charge in [0.2, 0.25) is 0 Å². The van der Waals surface area contributed by atoms with Crippen LogP contribution in [-0.2, 0) is 11.3 Å². The molecule has 0 radical (unpaired) electrons. The molecule has 0 amide bonds. The predicted molar refractivity (Wildman–Crippen MR) is 87.4 cm³/mol. The molecule has 0 spiro atoms. The minimum Gasteiger partial charge on any atom is -0.480 e. The average molecular weight is 298 g/mol. The topological polar surface area (TPSA) is 62.2 Å². The van der Waals surface area contributed by atoms with Crippen LogP contribution in [0.3, 0.4) is 0 Å². The summed E-state index contributed by atoms with van der Waals surface area (Å²) >= 11 is 0. The van der Waals surface area contributed by atoms with Crippen molar-refractivity contribution in [3.63, 3.8) is 0 Å². The van der Waals surface area contributed by atoms with Gasteiger partial charge in [-0.05, 0) is 36.1 Å². The summed E-state index contributed by atoms with van der Waals surface area (Å²) in [6.45, 7) is 4.59. The molecule has 2 aromatic rings. The third-order valence-corrected chi connectivity index (χ3v) is 3.45. The normalized spacial score (nSPS) is 12.3. The van der Waals surface area contributed by atoms with Crippen LogP contribution in [0.5, 0.6) is 0 Å². The van der Waals surface area contributed by atoms with E-state index < -0.39 is 12.0 Å². The lowest BCUT2D eigenvalue weighted by Gasteiger charge is -2.16. The second-order valence-corrected chi connectivity index (χ2v) is 5.82. The van der Waals surface area contributed by atoms with Crippen LogP contribution in [0.2, 0.25) is 0 Å². The summed E-state index contributed by atoms with van der Waals surface area (Å²) in [4.78, 5) is 15.6. The predicted octanol–water partition coefficient (Wildman–Crippen LogP) is 3.34. The fraction of sp³-hybridized carbons (Fsp3) is 0.333. The molecule has 2 N–H and O–H groups in total. The summed E-state index contributed by atoms with van der Waals surface area (Å²) in [7, 11) is 0. The van der Waals surface area contributed by atoms with E-state index in [-0.39, 0.29) is 0 Å². The van der Waals surface area contributed by atoms with Crippen LogP contribution >= 0.6 is 0 Å². The summed E-state index contributed by atoms with van der Waals surface area (Å²) in [5.41, 5.74) is 3.01. The lowest BCUT2D eigenvalue weighted by Crippen LogP contribution is -2.37. The Hall–Kier alpha value is -2.20. The number of hydrogen-bond acceptors (Lipinski definition) is 3. The highest BCUT2D eigenvalue weighted by Gasteiger charge is 2.17. The van der Waals surface area contributed by atoms with Crippen molar-refractivity contribution < 1.29 is 9.90 Å². The van der Waals surface area contributed by atoms with Gasteiger partial charge in [-0.1, -0.05) is 38.1 Å². The maximum absolute atomic E-state index is 11.3. The van der Waals surface area contributed by atoms with Crippen molar-refractivity contribution in [1.82, 2.24) is 10.3 Å². The first-order valence-electron chi connectivity index (χ1n) is 7.53. The molecule has 4 heteroatoms. The van der Waals surface area contributed by atoms with Crippen LogP contribution < -0.4 is 5.32 Å². The average Bonchev–Trinajstić information content (AvgIpc) is 2.52. The van der Waals surface area contributed by atoms with E-state index in [1.54, 1.807) is 6.20 Å². The second-order valence-electron chi connectivity index (χ2n) is 5.82. The Kier molecular flexibility index (Phi) is 5.67. The van der Waals surface area contributed by atoms with E-state index in [1.165, 1.54) is 0 Å². The number of nitrogens with zero attached hydrogens (tertiary/aromatic N) is 1. The zero-order valence-electron chi connectivity index (χ0n) is 13.0. The van der Waals surface area contributed by atoms with Crippen molar-refractivity contribution in [1.29, 1.82) is 0 Å². The number of carboxylic acid groups (broad SMARTS) is 1. The number of pyridine rings is 1. The van der Waals surface area contributed by atoms with Crippen LogP contribution in [0, 0.1) is 5.92 Å². The largest absolute Gasteiger partial charge is 0.480 e. The van der Waals surface area contributed by atoms with E-state index in [4.69, 9.17) is 0 Å². The molecule has 0 bridgehead atoms. The van der Waals surface area contributed by atoms with Gasteiger partial charge >= 0.3 is 5.97 Å². The lowest BCUT2D eigenvalue weighted by molar-refractivity contribution is -0.140. The Labute approximate surface area is 131 Å². The number of benzene rings is 1. The molecule has 1 aromatic heterocycles. The van der Waals surface area contributed by atoms with Crippen molar-refractivity contribution in [2.75, 3.05) is 0 Å². The standard InChI is InChI=1S/C18H22N2O2/c1-13(2)10-17(18(21)22)20-12-14-6-5-7-15(11-14)16-8-3-4-9-19-16/h3-9,11,13,17,20H,10,12H2,1-2H3,(H,21,22)/t17-/m1/s1. The maximum atomic E-state index is 11.3. The van der Waals surface area contributed by atoms with E-state index in [0.29, 0.717) is 18.9 Å². The van der Waals surface area contributed by atoms with Gasteiger partial charge in [-0.15, -0.1) is 0 Å². The zero-order chi connectivity index (χ0) is 15.9. The highest BCUT2D eigenvalue weighted by atomic mass is 16.4. The van der Waals surface area contributed by atoms with Gasteiger partial charge in [0.05, 0.1) is 5.69 Å². The molecule has 2 rings (SSSR count). The Morgan fingerprint density at radius 2 is 2.05 bits per heavy atom. The van der Waals surface area contributed by atoms with Crippen LogP contribution in [0.1, 0.15) is 25.8 Å². The van der Waals surface area contributed by atoms with Crippen molar-refractivity contribution in [3.05, 3.63) is 54.2 Å². The van der Waals surface area contributed by atoms with E-state index >= 15 is 0 Å². The zero-order valence-corrected chi connectivity index (χ0v) is 13.0. The molecule has 116 valence electrons. The van der Waals surface area contributed by atoms with Gasteiger partial charge in [-0.2, -0.15) is 0 Å². The lowest BCUT2D eigenvalue weighted by atomic mass is 10.0. The Bertz CT molecular complexity index is 611. The summed E-state index contributed by atoms with van der Waals surface area (Å²) in [5.74, 6) is -0.456. The SMILES string of the molecule is CC(C)C[C@@H](NCc1cccc(-c2ccccn2)c1)C(=O)O. The molecule has 0 aliphatic carbocycles. The van der Waals surface area contributed by atoms with Gasteiger partial charge in [-0.25, -0.2) is 0 Å². The fourth-order valence-corrected chi connectivity index (χ4v) is 2.36. The third-order valence-electron chi connectivity index (χ3n) is 3.45. The van der Waals surface area contributed by atoms with Crippen LogP contribution in [-0.4, -0.2) is 22.1 Å². The molecule has 1 atom stereocenters. The summed E-state index contributed by atoms with van der Waals surface area (Å²) in [5, 5.41) is 12.4. The highest BCUT2D eigenvalue weighted by molar-refractivity contribution is 5.73. The van der Waals surface area contributed by atoms with Crippen molar-refractivity contribution in [2.45, 2.75) is 32.9 Å². The monoisotopic (exact) mass is 298 g/mol. The third kappa shape index (κ3) is 4.67. The van der Waals surface area contributed by atoms with Gasteiger partial charge < -0.3 is 10.4 Å². The number of aliphatic carboxylic acids is 1. The fourth-order valence-electron chi connectivity index (χ4n) is 2.36. The first-order valence-corrected chi connectivity index (χ1v) is 7.53. The molecule has 4 nitrogen and oxygen atoms in total. The number of rotatable bonds is 7. The van der Waals surface area contributed by atoms with Gasteiger partial charge in [0.25, 0.3) is 0 Å². The number of nitrogens with one attached hydrogen (secondary N) is 1. The Balaban J connectivity index is 2.06. The van der Waals surface area contributed by atoms with Crippen LogP contribution in [0.4, 0.5) is 0 Å². The molecule has 0 fully saturated rings. The Morgan fingerprint density at radius 3 is 2.68 bits per heavy atom. The van der Waals surface area contributed by atoms with Crippen LogP contribution in [0.25, 0.3) is 11.3 Å². The van der Waals surface area contributed by atoms with Crippen molar-refractivity contribution in [2.24, 2.45) is 5.92 Å².